The third-order valence-electron chi connectivity index (χ3n) is 9.74. The van der Waals surface area contributed by atoms with Crippen LogP contribution in [0.4, 0.5) is 28.9 Å². The van der Waals surface area contributed by atoms with Gasteiger partial charge in [-0.25, -0.2) is 9.37 Å². The van der Waals surface area contributed by atoms with Gasteiger partial charge in [0.1, 0.15) is 38.1 Å². The number of anilines is 2. The van der Waals surface area contributed by atoms with E-state index in [0.29, 0.717) is 18.4 Å². The molecule has 1 unspecified atom stereocenters. The van der Waals surface area contributed by atoms with Crippen LogP contribution in [0.3, 0.4) is 0 Å². The molecule has 3 amide bonds. The summed E-state index contributed by atoms with van der Waals surface area (Å²) in [6, 6.07) is 14.7. The largest absolute Gasteiger partial charge is 0.478 e. The van der Waals surface area contributed by atoms with Crippen molar-refractivity contribution >= 4 is 46.4 Å². The van der Waals surface area contributed by atoms with E-state index in [0.717, 1.165) is 28.2 Å². The first-order valence-electron chi connectivity index (χ1n) is 20.0. The molecule has 66 heavy (non-hydrogen) atoms. The van der Waals surface area contributed by atoms with Gasteiger partial charge >= 0.3 is 6.18 Å². The summed E-state index contributed by atoms with van der Waals surface area (Å²) in [5.74, 6) is 8.07. The number of amides is 3. The predicted molar refractivity (Wildman–Crippen MR) is 236 cm³/mol. The van der Waals surface area contributed by atoms with Crippen LogP contribution >= 0.6 is 12.2 Å². The lowest BCUT2D eigenvalue weighted by Crippen LogP contribution is -2.55. The number of aliphatic hydroxyl groups excluding tert-OH is 1. The number of carbonyl (C=O) groups is 3. The van der Waals surface area contributed by atoms with E-state index >= 15 is 4.39 Å². The molecule has 1 aliphatic rings. The van der Waals surface area contributed by atoms with Crippen LogP contribution in [0.5, 0.6) is 5.75 Å². The molecule has 1 aromatic heterocycles. The number of nitriles is 1. The molecule has 346 valence electrons. The lowest BCUT2D eigenvalue weighted by molar-refractivity contribution is -0.137. The quantitative estimate of drug-likeness (QED) is 0.0346. The van der Waals surface area contributed by atoms with Gasteiger partial charge < -0.3 is 39.3 Å². The molecule has 0 saturated carbocycles. The normalized spacial score (nSPS) is 14.3. The second-order valence-electron chi connectivity index (χ2n) is 16.0. The van der Waals surface area contributed by atoms with E-state index in [1.54, 1.807) is 27.0 Å². The number of nitrogens with one attached hydrogen (secondary N) is 3. The maximum absolute atomic E-state index is 15.2. The van der Waals surface area contributed by atoms with Gasteiger partial charge in [-0.05, 0) is 85.1 Å². The number of aromatic nitrogens is 1. The van der Waals surface area contributed by atoms with Gasteiger partial charge in [0.05, 0.1) is 35.6 Å². The Labute approximate surface area is 383 Å². The number of benzene rings is 3. The van der Waals surface area contributed by atoms with E-state index in [1.807, 2.05) is 24.3 Å². The zero-order valence-corrected chi connectivity index (χ0v) is 37.2. The highest BCUT2D eigenvalue weighted by Gasteiger charge is 2.51. The van der Waals surface area contributed by atoms with Crippen LogP contribution in [0.15, 0.2) is 77.7 Å². The summed E-state index contributed by atoms with van der Waals surface area (Å²) in [4.78, 5) is 45.2. The van der Waals surface area contributed by atoms with Gasteiger partial charge in [-0.1, -0.05) is 51.0 Å². The molecule has 20 heteroatoms. The highest BCUT2D eigenvalue weighted by Crippen LogP contribution is 2.40. The van der Waals surface area contributed by atoms with Gasteiger partial charge in [0.2, 0.25) is 11.8 Å². The van der Waals surface area contributed by atoms with Crippen molar-refractivity contribution in [2.24, 2.45) is 5.41 Å². The zero-order valence-electron chi connectivity index (χ0n) is 36.3. The number of alkyl halides is 3. The molecule has 2 atom stereocenters. The number of thiocarbonyl (C=S) groups is 1. The van der Waals surface area contributed by atoms with E-state index in [1.165, 1.54) is 49.4 Å². The minimum Gasteiger partial charge on any atom is -0.478 e. The summed E-state index contributed by atoms with van der Waals surface area (Å²) in [6.07, 6.45) is -3.20. The molecular weight excluding hydrogens is 887 g/mol. The van der Waals surface area contributed by atoms with Gasteiger partial charge in [-0.2, -0.15) is 18.4 Å². The minimum absolute atomic E-state index is 0.00499. The first-order valence-corrected chi connectivity index (χ1v) is 20.4. The number of aliphatic hydroxyl groups is 1. The SMILES string of the molecule is CC(C)(C)[C@H](NC(=O)COCC#CC#CCOc1ccc(N2C(=S)N(c3ccc(C#N)c(C(F)(F)F)c3)C(=O)C2(C)C)cc1F)C(=O)NCC(O)OCNCc1ccc(-c2cnco2)cc1. The summed E-state index contributed by atoms with van der Waals surface area (Å²) in [5.41, 5.74) is -2.21. The van der Waals surface area contributed by atoms with E-state index in [-0.39, 0.29) is 48.7 Å². The summed E-state index contributed by atoms with van der Waals surface area (Å²) in [6.45, 7) is 7.61. The Morgan fingerprint density at radius 2 is 1.71 bits per heavy atom. The van der Waals surface area contributed by atoms with Crippen molar-refractivity contribution in [1.82, 2.24) is 20.9 Å². The van der Waals surface area contributed by atoms with Crippen molar-refractivity contribution in [2.75, 3.05) is 42.9 Å². The van der Waals surface area contributed by atoms with E-state index < -0.39 is 70.7 Å². The highest BCUT2D eigenvalue weighted by atomic mass is 32.1. The molecule has 2 heterocycles. The number of rotatable bonds is 17. The zero-order chi connectivity index (χ0) is 48.2. The molecule has 3 aromatic carbocycles. The lowest BCUT2D eigenvalue weighted by atomic mass is 9.86. The molecule has 1 aliphatic heterocycles. The molecule has 0 spiro atoms. The Bertz CT molecular complexity index is 2570. The first kappa shape index (κ1) is 50.1. The number of halogens is 4. The Kier molecular flexibility index (Phi) is 16.6. The minimum atomic E-state index is -4.87. The van der Waals surface area contributed by atoms with Crippen LogP contribution in [-0.2, 0) is 36.6 Å². The predicted octanol–water partition coefficient (Wildman–Crippen LogP) is 5.42. The monoisotopic (exact) mass is 931 g/mol. The lowest BCUT2D eigenvalue weighted by Gasteiger charge is -2.30. The second kappa shape index (κ2) is 21.9. The number of hydrogen-bond acceptors (Lipinski definition) is 12. The van der Waals surface area contributed by atoms with Gasteiger partial charge in [0.25, 0.3) is 5.91 Å². The van der Waals surface area contributed by atoms with Crippen LogP contribution in [0, 0.1) is 46.2 Å². The summed E-state index contributed by atoms with van der Waals surface area (Å²) < 4.78 is 77.6. The highest BCUT2D eigenvalue weighted by molar-refractivity contribution is 7.81. The molecule has 15 nitrogen and oxygen atoms in total. The molecule has 1 fully saturated rings. The van der Waals surface area contributed by atoms with Crippen LogP contribution in [0.1, 0.15) is 51.3 Å². The average Bonchev–Trinajstić information content (AvgIpc) is 3.86. The standard InChI is InChI=1S/C46H45F4N7O8S/c1-44(2,3)40(41(60)54-25-39(59)65-28-52-23-29-10-12-30(13-11-29)37-24-53-27-64-37)55-38(58)26-62-18-8-6-7-9-19-63-36-17-16-33(21-35(36)47)57-43(66)56(42(61)45(57,4)5)32-15-14-31(22-51)34(20-32)46(48,49)50/h10-17,20-21,24,27,39-40,52,59H,18-19,23,25-26,28H2,1-5H3,(H,54,60)(H,55,58)/t39?,40-/m1/s1. The van der Waals surface area contributed by atoms with Crippen LogP contribution in [-0.4, -0.2) is 83.9 Å². The van der Waals surface area contributed by atoms with Crippen molar-refractivity contribution in [3.63, 3.8) is 0 Å². The van der Waals surface area contributed by atoms with E-state index in [2.05, 4.69) is 44.6 Å². The number of ether oxygens (including phenoxy) is 3. The van der Waals surface area contributed by atoms with Crippen molar-refractivity contribution < 1.29 is 55.7 Å². The molecule has 5 rings (SSSR count). The fraction of sp³-hybridized carbons (Fsp3) is 0.348. The summed E-state index contributed by atoms with van der Waals surface area (Å²) in [5, 5.41) is 27.5. The van der Waals surface area contributed by atoms with Crippen LogP contribution < -0.4 is 30.5 Å². The van der Waals surface area contributed by atoms with Gasteiger partial charge in [0.15, 0.2) is 35.1 Å². The fourth-order valence-electron chi connectivity index (χ4n) is 6.40. The molecule has 0 bridgehead atoms. The number of hydrogen-bond donors (Lipinski definition) is 4. The maximum atomic E-state index is 15.2. The topological polar surface area (TPSA) is 192 Å². The molecule has 1 saturated heterocycles. The van der Waals surface area contributed by atoms with Crippen molar-refractivity contribution in [3.05, 3.63) is 95.8 Å². The van der Waals surface area contributed by atoms with Crippen molar-refractivity contribution in [2.45, 2.75) is 65.2 Å². The molecular formula is C46H45F4N7O8S. The van der Waals surface area contributed by atoms with Crippen LogP contribution in [0.25, 0.3) is 11.3 Å². The molecule has 0 aliphatic carbocycles. The van der Waals surface area contributed by atoms with Crippen molar-refractivity contribution in [3.8, 4) is 46.8 Å². The molecule has 4 aromatic rings. The third-order valence-corrected chi connectivity index (χ3v) is 10.1. The van der Waals surface area contributed by atoms with Crippen LogP contribution in [0.2, 0.25) is 0 Å². The number of carbonyl (C=O) groups excluding carboxylic acids is 3. The van der Waals surface area contributed by atoms with E-state index in [4.69, 9.17) is 36.1 Å². The van der Waals surface area contributed by atoms with Gasteiger partial charge in [0, 0.05) is 23.9 Å². The molecule has 4 N–H and O–H groups in total. The average molecular weight is 932 g/mol. The Morgan fingerprint density at radius 1 is 1.02 bits per heavy atom. The Hall–Kier alpha value is -6.86. The summed E-state index contributed by atoms with van der Waals surface area (Å²) >= 11 is 5.50. The fourth-order valence-corrected chi connectivity index (χ4v) is 6.92. The number of oxazole rings is 1. The maximum Gasteiger partial charge on any atom is 0.417 e. The third kappa shape index (κ3) is 12.9. The smallest absolute Gasteiger partial charge is 0.417 e. The second-order valence-corrected chi connectivity index (χ2v) is 16.4. The Balaban J connectivity index is 1.02. The summed E-state index contributed by atoms with van der Waals surface area (Å²) in [7, 11) is 0. The van der Waals surface area contributed by atoms with Crippen molar-refractivity contribution in [1.29, 1.82) is 5.26 Å². The van der Waals surface area contributed by atoms with Gasteiger partial charge in [-0.3, -0.25) is 24.6 Å². The molecule has 0 radical (unpaired) electrons. The van der Waals surface area contributed by atoms with E-state index in [9.17, 15) is 32.7 Å². The first-order chi connectivity index (χ1) is 31.2. The van der Waals surface area contributed by atoms with Gasteiger partial charge in [-0.15, -0.1) is 0 Å². The number of nitrogens with zero attached hydrogens (tertiary/aromatic N) is 4. The Morgan fingerprint density at radius 3 is 2.35 bits per heavy atom.